The molecule has 1 nitrogen and oxygen atoms in total. The van der Waals surface area contributed by atoms with Crippen LogP contribution in [0.25, 0.3) is 0 Å². The van der Waals surface area contributed by atoms with Crippen molar-refractivity contribution in [2.75, 3.05) is 0 Å². The zero-order chi connectivity index (χ0) is 9.42. The van der Waals surface area contributed by atoms with E-state index in [0.717, 1.165) is 5.92 Å². The summed E-state index contributed by atoms with van der Waals surface area (Å²) < 4.78 is 1.29. The van der Waals surface area contributed by atoms with Gasteiger partial charge in [-0.25, -0.2) is 0 Å². The lowest BCUT2D eigenvalue weighted by atomic mass is 9.99. The van der Waals surface area contributed by atoms with Gasteiger partial charge in [-0.3, -0.25) is 0 Å². The number of nitrogens with two attached hydrogens (primary N) is 1. The summed E-state index contributed by atoms with van der Waals surface area (Å²) in [6, 6.07) is 6.81. The maximum Gasteiger partial charge on any atom is 0.0326 e. The Labute approximate surface area is 92.9 Å². The molecule has 0 unspecified atom stereocenters. The van der Waals surface area contributed by atoms with Gasteiger partial charge in [0.1, 0.15) is 0 Å². The fourth-order valence-electron chi connectivity index (χ4n) is 1.72. The number of benzene rings is 1. The molecule has 0 saturated heterocycles. The molecule has 1 atom stereocenters. The van der Waals surface area contributed by atoms with Crippen LogP contribution in [0, 0.1) is 16.4 Å². The minimum absolute atomic E-state index is 0.275. The highest BCUT2D eigenvalue weighted by molar-refractivity contribution is 14.1. The Hall–Kier alpha value is -0.0900. The van der Waals surface area contributed by atoms with Crippen LogP contribution in [0.3, 0.4) is 0 Å². The van der Waals surface area contributed by atoms with Crippen LogP contribution >= 0.6 is 22.6 Å². The van der Waals surface area contributed by atoms with Crippen molar-refractivity contribution in [1.29, 1.82) is 0 Å². The summed E-state index contributed by atoms with van der Waals surface area (Å²) in [5, 5.41) is 0. The van der Waals surface area contributed by atoms with Crippen LogP contribution in [0.1, 0.15) is 30.0 Å². The molecule has 2 heteroatoms. The van der Waals surface area contributed by atoms with E-state index in [1.54, 1.807) is 0 Å². The third-order valence-electron chi connectivity index (χ3n) is 2.72. The van der Waals surface area contributed by atoms with Gasteiger partial charge >= 0.3 is 0 Å². The Morgan fingerprint density at radius 1 is 1.46 bits per heavy atom. The zero-order valence-corrected chi connectivity index (χ0v) is 9.91. The van der Waals surface area contributed by atoms with Gasteiger partial charge in [0.15, 0.2) is 0 Å². The van der Waals surface area contributed by atoms with Crippen LogP contribution in [0.4, 0.5) is 0 Å². The van der Waals surface area contributed by atoms with Gasteiger partial charge in [0, 0.05) is 9.61 Å². The first-order valence-electron chi connectivity index (χ1n) is 4.70. The molecule has 2 N–H and O–H groups in total. The molecule has 0 heterocycles. The number of hydrogen-bond donors (Lipinski definition) is 1. The molecule has 1 aromatic rings. The Balaban J connectivity index is 2.28. The first-order chi connectivity index (χ1) is 6.18. The van der Waals surface area contributed by atoms with E-state index in [2.05, 4.69) is 47.7 Å². The van der Waals surface area contributed by atoms with Crippen LogP contribution in [0.5, 0.6) is 0 Å². The molecule has 0 aliphatic heterocycles. The van der Waals surface area contributed by atoms with Crippen LogP contribution < -0.4 is 5.73 Å². The van der Waals surface area contributed by atoms with Crippen LogP contribution in [-0.4, -0.2) is 0 Å². The smallest absolute Gasteiger partial charge is 0.0326 e. The summed E-state index contributed by atoms with van der Waals surface area (Å²) in [4.78, 5) is 0. The fourth-order valence-corrected chi connectivity index (χ4v) is 2.37. The Morgan fingerprint density at radius 3 is 2.69 bits per heavy atom. The molecule has 1 aliphatic rings. The molecule has 0 radical (unpaired) electrons. The molecule has 1 saturated carbocycles. The number of rotatable bonds is 2. The van der Waals surface area contributed by atoms with Crippen LogP contribution in [-0.2, 0) is 0 Å². The van der Waals surface area contributed by atoms with Gasteiger partial charge in [-0.1, -0.05) is 6.07 Å². The minimum Gasteiger partial charge on any atom is -0.324 e. The highest BCUT2D eigenvalue weighted by Gasteiger charge is 2.30. The van der Waals surface area contributed by atoms with Gasteiger partial charge in [-0.2, -0.15) is 0 Å². The van der Waals surface area contributed by atoms with E-state index in [1.807, 2.05) is 0 Å². The van der Waals surface area contributed by atoms with Crippen molar-refractivity contribution in [2.45, 2.75) is 25.8 Å². The van der Waals surface area contributed by atoms with Crippen molar-refractivity contribution < 1.29 is 0 Å². The van der Waals surface area contributed by atoms with Crippen molar-refractivity contribution in [3.05, 3.63) is 32.9 Å². The van der Waals surface area contributed by atoms with Gasteiger partial charge in [0.05, 0.1) is 0 Å². The monoisotopic (exact) mass is 287 g/mol. The van der Waals surface area contributed by atoms with Gasteiger partial charge in [-0.15, -0.1) is 0 Å². The predicted octanol–water partition coefficient (Wildman–Crippen LogP) is 3.01. The third-order valence-corrected chi connectivity index (χ3v) is 3.39. The molecule has 0 amide bonds. The van der Waals surface area contributed by atoms with Crippen molar-refractivity contribution >= 4 is 22.6 Å². The summed E-state index contributed by atoms with van der Waals surface area (Å²) in [6.07, 6.45) is 2.62. The second-order valence-corrected chi connectivity index (χ2v) is 5.11. The maximum atomic E-state index is 6.15. The lowest BCUT2D eigenvalue weighted by molar-refractivity contribution is 0.629. The van der Waals surface area contributed by atoms with Gasteiger partial charge in [-0.05, 0) is 71.5 Å². The molecule has 0 bridgehead atoms. The van der Waals surface area contributed by atoms with Crippen molar-refractivity contribution in [2.24, 2.45) is 11.7 Å². The van der Waals surface area contributed by atoms with E-state index in [0.29, 0.717) is 0 Å². The predicted molar refractivity (Wildman–Crippen MR) is 63.5 cm³/mol. The van der Waals surface area contributed by atoms with Crippen molar-refractivity contribution in [1.82, 2.24) is 0 Å². The molecular formula is C11H14IN. The first-order valence-corrected chi connectivity index (χ1v) is 5.78. The zero-order valence-electron chi connectivity index (χ0n) is 7.76. The number of hydrogen-bond acceptors (Lipinski definition) is 1. The van der Waals surface area contributed by atoms with E-state index in [9.17, 15) is 0 Å². The molecular weight excluding hydrogens is 273 g/mol. The van der Waals surface area contributed by atoms with Crippen LogP contribution in [0.15, 0.2) is 18.2 Å². The van der Waals surface area contributed by atoms with Gasteiger partial charge < -0.3 is 5.73 Å². The molecule has 2 rings (SSSR count). The summed E-state index contributed by atoms with van der Waals surface area (Å²) >= 11 is 2.34. The lowest BCUT2D eigenvalue weighted by Gasteiger charge is -2.13. The molecule has 0 aromatic heterocycles. The van der Waals surface area contributed by atoms with Crippen molar-refractivity contribution in [3.63, 3.8) is 0 Å². The van der Waals surface area contributed by atoms with Gasteiger partial charge in [0.2, 0.25) is 0 Å². The number of aryl methyl sites for hydroxylation is 1. The average Bonchev–Trinajstić information content (AvgIpc) is 2.85. The molecule has 13 heavy (non-hydrogen) atoms. The molecule has 1 fully saturated rings. The number of halogens is 1. The van der Waals surface area contributed by atoms with E-state index in [4.69, 9.17) is 5.73 Å². The lowest BCUT2D eigenvalue weighted by Crippen LogP contribution is -2.13. The molecule has 1 aliphatic carbocycles. The highest BCUT2D eigenvalue weighted by Crippen LogP contribution is 2.40. The topological polar surface area (TPSA) is 26.0 Å². The van der Waals surface area contributed by atoms with Crippen LogP contribution in [0.2, 0.25) is 0 Å². The van der Waals surface area contributed by atoms with E-state index in [-0.39, 0.29) is 6.04 Å². The second kappa shape index (κ2) is 3.58. The van der Waals surface area contributed by atoms with E-state index in [1.165, 1.54) is 27.5 Å². The summed E-state index contributed by atoms with van der Waals surface area (Å²) in [5.74, 6) is 0.749. The summed E-state index contributed by atoms with van der Waals surface area (Å²) in [5.41, 5.74) is 8.82. The fraction of sp³-hybridized carbons (Fsp3) is 0.455. The quantitative estimate of drug-likeness (QED) is 0.831. The molecule has 1 aromatic carbocycles. The Kier molecular flexibility index (Phi) is 2.60. The molecule has 70 valence electrons. The third kappa shape index (κ3) is 2.05. The highest BCUT2D eigenvalue weighted by atomic mass is 127. The Bertz CT molecular complexity index is 318. The summed E-state index contributed by atoms with van der Waals surface area (Å²) in [7, 11) is 0. The minimum atomic E-state index is 0.275. The largest absolute Gasteiger partial charge is 0.324 e. The summed E-state index contributed by atoms with van der Waals surface area (Å²) in [6.45, 7) is 2.15. The average molecular weight is 287 g/mol. The normalized spacial score (nSPS) is 18.7. The Morgan fingerprint density at radius 2 is 2.15 bits per heavy atom. The SMILES string of the molecule is Cc1cc(I)ccc1[C@H](N)C1CC1. The maximum absolute atomic E-state index is 6.15. The first kappa shape index (κ1) is 9.46. The van der Waals surface area contributed by atoms with E-state index >= 15 is 0 Å². The van der Waals surface area contributed by atoms with Gasteiger partial charge in [0.25, 0.3) is 0 Å². The standard InChI is InChI=1S/C11H14IN/c1-7-6-9(12)4-5-10(7)11(13)8-2-3-8/h4-6,8,11H,2-3,13H2,1H3/t11-/m1/s1. The second-order valence-electron chi connectivity index (χ2n) is 3.86. The van der Waals surface area contributed by atoms with Crippen molar-refractivity contribution in [3.8, 4) is 0 Å². The van der Waals surface area contributed by atoms with E-state index < -0.39 is 0 Å². The molecule has 0 spiro atoms.